The minimum absolute atomic E-state index is 0.103. The van der Waals surface area contributed by atoms with Gasteiger partial charge in [0.2, 0.25) is 0 Å². The molecular formula is C17H23FN4O2S. The number of allylic oxidation sites excluding steroid dienone is 1. The van der Waals surface area contributed by atoms with Gasteiger partial charge in [0.1, 0.15) is 12.1 Å². The predicted octanol–water partition coefficient (Wildman–Crippen LogP) is 3.17. The van der Waals surface area contributed by atoms with E-state index in [1.54, 1.807) is 6.92 Å². The van der Waals surface area contributed by atoms with Gasteiger partial charge in [-0.2, -0.15) is 0 Å². The van der Waals surface area contributed by atoms with E-state index in [1.165, 1.54) is 12.1 Å². The van der Waals surface area contributed by atoms with Gasteiger partial charge in [-0.3, -0.25) is 4.79 Å². The van der Waals surface area contributed by atoms with Crippen LogP contribution in [0, 0.1) is 17.1 Å². The third kappa shape index (κ3) is 6.58. The van der Waals surface area contributed by atoms with Gasteiger partial charge in [0.05, 0.1) is 22.3 Å². The normalized spacial score (nSPS) is 12.6. The number of thiol groups is 1. The second-order valence-corrected chi connectivity index (χ2v) is 6.58. The quantitative estimate of drug-likeness (QED) is 0.263. The first-order valence-corrected chi connectivity index (χ1v) is 8.16. The van der Waals surface area contributed by atoms with E-state index in [4.69, 9.17) is 11.1 Å². The Bertz CT molecular complexity index is 704. The number of hydrogen-bond donors (Lipinski definition) is 5. The lowest BCUT2D eigenvalue weighted by molar-refractivity contribution is -0.108. The fourth-order valence-corrected chi connectivity index (χ4v) is 2.60. The van der Waals surface area contributed by atoms with Gasteiger partial charge in [0, 0.05) is 11.4 Å². The zero-order valence-electron chi connectivity index (χ0n) is 14.4. The molecular weight excluding hydrogens is 343 g/mol. The van der Waals surface area contributed by atoms with Crippen LogP contribution in [0.1, 0.15) is 37.6 Å². The lowest BCUT2D eigenvalue weighted by atomic mass is 10.0. The van der Waals surface area contributed by atoms with E-state index >= 15 is 0 Å². The van der Waals surface area contributed by atoms with Gasteiger partial charge in [0.25, 0.3) is 5.91 Å². The molecule has 8 heteroatoms. The molecule has 0 heterocycles. The van der Waals surface area contributed by atoms with E-state index in [-0.39, 0.29) is 27.9 Å². The number of halogens is 1. The first-order valence-electron chi connectivity index (χ1n) is 7.72. The molecule has 1 amide bonds. The topological polar surface area (TPSA) is 108 Å². The smallest absolute Gasteiger partial charge is 0.253 e. The van der Waals surface area contributed by atoms with E-state index in [9.17, 15) is 14.0 Å². The molecule has 0 aliphatic rings. The molecule has 1 aromatic rings. The Balaban J connectivity index is 3.24. The number of rotatable bonds is 9. The molecule has 0 saturated carbocycles. The Kier molecular flexibility index (Phi) is 7.63. The summed E-state index contributed by atoms with van der Waals surface area (Å²) in [6.07, 6.45) is 2.74. The molecule has 1 rings (SSSR count). The molecule has 0 aliphatic heterocycles. The SMILES string of the molecule is CC(=N)/C=C(\S)Nc1cc(N[C@@H](C=O)CC(C)C)cc(F)c1C(N)=O. The number of primary amides is 1. The molecule has 0 bridgehead atoms. The van der Waals surface area contributed by atoms with Crippen LogP contribution in [0.3, 0.4) is 0 Å². The number of amides is 1. The summed E-state index contributed by atoms with van der Waals surface area (Å²) in [5.74, 6) is -1.48. The van der Waals surface area contributed by atoms with Gasteiger partial charge in [-0.1, -0.05) is 13.8 Å². The minimum Gasteiger partial charge on any atom is -0.375 e. The summed E-state index contributed by atoms with van der Waals surface area (Å²) in [5, 5.41) is 13.4. The molecule has 5 N–H and O–H groups in total. The second kappa shape index (κ2) is 9.22. The summed E-state index contributed by atoms with van der Waals surface area (Å²) in [6, 6.07) is 2.11. The van der Waals surface area contributed by atoms with E-state index in [0.717, 1.165) is 12.4 Å². The van der Waals surface area contributed by atoms with Crippen LogP contribution in [-0.4, -0.2) is 23.9 Å². The molecule has 136 valence electrons. The molecule has 25 heavy (non-hydrogen) atoms. The average Bonchev–Trinajstić information content (AvgIpc) is 2.43. The molecule has 0 fully saturated rings. The maximum absolute atomic E-state index is 14.3. The Morgan fingerprint density at radius 3 is 2.56 bits per heavy atom. The standard InChI is InChI=1S/C17H23FN4O2S/c1-9(2)4-12(8-23)21-11-6-13(18)16(17(20)24)14(7-11)22-15(25)5-10(3)19/h5-9,12,19,21-22,25H,4H2,1-3H3,(H2,20,24)/b15-5-,19-10?/t12-/m1/s1. The Morgan fingerprint density at radius 1 is 1.44 bits per heavy atom. The van der Waals surface area contributed by atoms with Gasteiger partial charge in [-0.05, 0) is 37.5 Å². The highest BCUT2D eigenvalue weighted by Crippen LogP contribution is 2.27. The molecule has 6 nitrogen and oxygen atoms in total. The third-order valence-corrected chi connectivity index (χ3v) is 3.44. The van der Waals surface area contributed by atoms with Crippen molar-refractivity contribution < 1.29 is 14.0 Å². The van der Waals surface area contributed by atoms with Crippen LogP contribution in [0.4, 0.5) is 15.8 Å². The van der Waals surface area contributed by atoms with Crippen molar-refractivity contribution in [2.75, 3.05) is 10.6 Å². The van der Waals surface area contributed by atoms with Crippen LogP contribution >= 0.6 is 12.6 Å². The highest BCUT2D eigenvalue weighted by molar-refractivity contribution is 7.84. The van der Waals surface area contributed by atoms with Crippen LogP contribution in [0.15, 0.2) is 23.2 Å². The monoisotopic (exact) mass is 366 g/mol. The second-order valence-electron chi connectivity index (χ2n) is 6.10. The van der Waals surface area contributed by atoms with Gasteiger partial charge in [-0.25, -0.2) is 4.39 Å². The van der Waals surface area contributed by atoms with Crippen molar-refractivity contribution in [3.63, 3.8) is 0 Å². The fourth-order valence-electron chi connectivity index (χ4n) is 2.29. The molecule has 0 spiro atoms. The molecule has 0 radical (unpaired) electrons. The van der Waals surface area contributed by atoms with Crippen LogP contribution < -0.4 is 16.4 Å². The fraction of sp³-hybridized carbons (Fsp3) is 0.353. The molecule has 0 saturated heterocycles. The van der Waals surface area contributed by atoms with Crippen molar-refractivity contribution in [3.05, 3.63) is 34.6 Å². The summed E-state index contributed by atoms with van der Waals surface area (Å²) in [4.78, 5) is 22.8. The maximum atomic E-state index is 14.3. The number of anilines is 2. The number of nitrogens with one attached hydrogen (secondary N) is 3. The highest BCUT2D eigenvalue weighted by atomic mass is 32.1. The van der Waals surface area contributed by atoms with E-state index < -0.39 is 17.8 Å². The molecule has 0 unspecified atom stereocenters. The third-order valence-electron chi connectivity index (χ3n) is 3.19. The van der Waals surface area contributed by atoms with Gasteiger partial charge < -0.3 is 26.6 Å². The number of benzene rings is 1. The first-order chi connectivity index (χ1) is 11.6. The molecule has 1 atom stereocenters. The first kappa shape index (κ1) is 20.7. The number of hydrogen-bond acceptors (Lipinski definition) is 6. The van der Waals surface area contributed by atoms with E-state index in [0.29, 0.717) is 12.1 Å². The van der Waals surface area contributed by atoms with Crippen LogP contribution in [0.5, 0.6) is 0 Å². The lowest BCUT2D eigenvalue weighted by Gasteiger charge is -2.18. The van der Waals surface area contributed by atoms with Crippen molar-refractivity contribution in [3.8, 4) is 0 Å². The summed E-state index contributed by atoms with van der Waals surface area (Å²) in [5.41, 5.74) is 5.59. The maximum Gasteiger partial charge on any atom is 0.253 e. The Morgan fingerprint density at radius 2 is 2.08 bits per heavy atom. The van der Waals surface area contributed by atoms with E-state index in [2.05, 4.69) is 23.3 Å². The summed E-state index contributed by atoms with van der Waals surface area (Å²) in [6.45, 7) is 5.49. The summed E-state index contributed by atoms with van der Waals surface area (Å²) in [7, 11) is 0. The van der Waals surface area contributed by atoms with Crippen molar-refractivity contribution in [1.29, 1.82) is 5.41 Å². The zero-order valence-corrected chi connectivity index (χ0v) is 15.3. The average molecular weight is 366 g/mol. The Labute approximate surface area is 152 Å². The zero-order chi connectivity index (χ0) is 19.1. The lowest BCUT2D eigenvalue weighted by Crippen LogP contribution is -2.24. The van der Waals surface area contributed by atoms with Crippen LogP contribution in [0.2, 0.25) is 0 Å². The Hall–Kier alpha value is -2.35. The molecule has 1 aromatic carbocycles. The summed E-state index contributed by atoms with van der Waals surface area (Å²) < 4.78 is 14.3. The molecule has 0 aromatic heterocycles. The van der Waals surface area contributed by atoms with Crippen LogP contribution in [0.25, 0.3) is 0 Å². The van der Waals surface area contributed by atoms with Crippen molar-refractivity contribution in [1.82, 2.24) is 0 Å². The number of aldehydes is 1. The van der Waals surface area contributed by atoms with Gasteiger partial charge in [-0.15, -0.1) is 12.6 Å². The van der Waals surface area contributed by atoms with Crippen LogP contribution in [-0.2, 0) is 4.79 Å². The minimum atomic E-state index is -0.937. The van der Waals surface area contributed by atoms with Crippen molar-refractivity contribution >= 4 is 41.9 Å². The van der Waals surface area contributed by atoms with E-state index in [1.807, 2.05) is 13.8 Å². The molecule has 0 aliphatic carbocycles. The summed E-state index contributed by atoms with van der Waals surface area (Å²) >= 11 is 4.16. The predicted molar refractivity (Wildman–Crippen MR) is 102 cm³/mol. The number of carbonyl (C=O) groups is 2. The highest BCUT2D eigenvalue weighted by Gasteiger charge is 2.18. The van der Waals surface area contributed by atoms with Gasteiger partial charge >= 0.3 is 0 Å². The van der Waals surface area contributed by atoms with Crippen molar-refractivity contribution in [2.45, 2.75) is 33.2 Å². The van der Waals surface area contributed by atoms with Crippen molar-refractivity contribution in [2.24, 2.45) is 11.7 Å². The largest absolute Gasteiger partial charge is 0.375 e. The number of nitrogens with two attached hydrogens (primary N) is 1. The number of carbonyl (C=O) groups excluding carboxylic acids is 2. The van der Waals surface area contributed by atoms with Gasteiger partial charge in [0.15, 0.2) is 0 Å².